The van der Waals surface area contributed by atoms with Crippen LogP contribution in [0.4, 0.5) is 18.9 Å². The normalized spacial score (nSPS) is 17.5. The van der Waals surface area contributed by atoms with Crippen LogP contribution < -0.4 is 4.90 Å². The van der Waals surface area contributed by atoms with Crippen molar-refractivity contribution in [1.29, 1.82) is 0 Å². The van der Waals surface area contributed by atoms with Gasteiger partial charge in [-0.05, 0) is 47.9 Å². The van der Waals surface area contributed by atoms with E-state index in [9.17, 15) is 26.4 Å². The van der Waals surface area contributed by atoms with Gasteiger partial charge in [-0.15, -0.1) is 0 Å². The number of alkyl halides is 3. The van der Waals surface area contributed by atoms with Gasteiger partial charge in [0.1, 0.15) is 0 Å². The standard InChI is InChI=1S/C24H25F3N2O4S/c1-34(31,32)20-6-7-22(28-12-14-33-15-13-28)21(16-20)23(30)29-10-8-18(9-11-29)17-2-4-19(5-3-17)24(25,26)27/h2-8,16H,9-15H2,1H3. The van der Waals surface area contributed by atoms with E-state index in [0.717, 1.165) is 24.0 Å². The third-order valence-corrected chi connectivity index (χ3v) is 7.17. The van der Waals surface area contributed by atoms with Crippen molar-refractivity contribution >= 4 is 27.0 Å². The van der Waals surface area contributed by atoms with Crippen molar-refractivity contribution in [2.45, 2.75) is 17.5 Å². The summed E-state index contributed by atoms with van der Waals surface area (Å²) in [4.78, 5) is 17.2. The molecule has 2 heterocycles. The smallest absolute Gasteiger partial charge is 0.378 e. The lowest BCUT2D eigenvalue weighted by molar-refractivity contribution is -0.137. The third-order valence-electron chi connectivity index (χ3n) is 6.06. The number of rotatable bonds is 4. The monoisotopic (exact) mass is 494 g/mol. The molecule has 10 heteroatoms. The molecule has 1 fully saturated rings. The Bertz CT molecular complexity index is 1200. The van der Waals surface area contributed by atoms with Crippen molar-refractivity contribution in [2.24, 2.45) is 0 Å². The van der Waals surface area contributed by atoms with Crippen molar-refractivity contribution < 1.29 is 31.1 Å². The fourth-order valence-corrected chi connectivity index (χ4v) is 4.80. The molecule has 0 aromatic heterocycles. The number of nitrogens with zero attached hydrogens (tertiary/aromatic N) is 2. The Labute approximate surface area is 196 Å². The molecule has 2 aliphatic rings. The van der Waals surface area contributed by atoms with Gasteiger partial charge in [-0.1, -0.05) is 18.2 Å². The summed E-state index contributed by atoms with van der Waals surface area (Å²) in [6, 6.07) is 9.60. The number of hydrogen-bond donors (Lipinski definition) is 0. The predicted molar refractivity (Wildman–Crippen MR) is 123 cm³/mol. The molecule has 0 aliphatic carbocycles. The first-order chi connectivity index (χ1) is 16.0. The second-order valence-electron chi connectivity index (χ2n) is 8.36. The minimum atomic E-state index is -4.39. The maximum absolute atomic E-state index is 13.5. The summed E-state index contributed by atoms with van der Waals surface area (Å²) in [5, 5.41) is 0. The number of hydrogen-bond acceptors (Lipinski definition) is 5. The van der Waals surface area contributed by atoms with Gasteiger partial charge in [0.25, 0.3) is 5.91 Å². The fraction of sp³-hybridized carbons (Fsp3) is 0.375. The number of halogens is 3. The molecule has 1 amide bonds. The van der Waals surface area contributed by atoms with Crippen LogP contribution in [0.25, 0.3) is 5.57 Å². The van der Waals surface area contributed by atoms with Gasteiger partial charge in [0.05, 0.1) is 29.2 Å². The number of carbonyl (C=O) groups is 1. The number of sulfone groups is 1. The van der Waals surface area contributed by atoms with Gasteiger partial charge in [0.15, 0.2) is 9.84 Å². The highest BCUT2D eigenvalue weighted by Crippen LogP contribution is 2.32. The fourth-order valence-electron chi connectivity index (χ4n) is 4.16. The minimum Gasteiger partial charge on any atom is -0.378 e. The number of benzene rings is 2. The van der Waals surface area contributed by atoms with E-state index in [4.69, 9.17) is 4.74 Å². The van der Waals surface area contributed by atoms with Crippen molar-refractivity contribution in [2.75, 3.05) is 50.5 Å². The first-order valence-corrected chi connectivity index (χ1v) is 12.8. The van der Waals surface area contributed by atoms with E-state index < -0.39 is 21.6 Å². The number of morpholine rings is 1. The predicted octanol–water partition coefficient (Wildman–Crippen LogP) is 3.88. The Morgan fingerprint density at radius 2 is 1.68 bits per heavy atom. The van der Waals surface area contributed by atoms with Crippen molar-refractivity contribution in [3.05, 3.63) is 65.2 Å². The zero-order valence-corrected chi connectivity index (χ0v) is 19.5. The molecule has 1 saturated heterocycles. The lowest BCUT2D eigenvalue weighted by Gasteiger charge is -2.32. The molecule has 0 bridgehead atoms. The quantitative estimate of drug-likeness (QED) is 0.646. The number of amides is 1. The molecule has 0 unspecified atom stereocenters. The summed E-state index contributed by atoms with van der Waals surface area (Å²) in [5.41, 5.74) is 1.84. The van der Waals surface area contributed by atoms with Crippen LogP contribution in [0.15, 0.2) is 53.4 Å². The zero-order chi connectivity index (χ0) is 24.5. The average molecular weight is 495 g/mol. The van der Waals surface area contributed by atoms with E-state index in [1.807, 2.05) is 11.0 Å². The lowest BCUT2D eigenvalue weighted by atomic mass is 9.97. The molecule has 0 N–H and O–H groups in total. The summed E-state index contributed by atoms with van der Waals surface area (Å²) in [7, 11) is -3.50. The van der Waals surface area contributed by atoms with Crippen LogP contribution in [0.2, 0.25) is 0 Å². The molecule has 0 spiro atoms. The summed E-state index contributed by atoms with van der Waals surface area (Å²) in [6.07, 6.45) is -0.971. The Kier molecular flexibility index (Phi) is 6.73. The highest BCUT2D eigenvalue weighted by Gasteiger charge is 2.30. The molecule has 0 atom stereocenters. The number of carbonyl (C=O) groups excluding carboxylic acids is 1. The van der Waals surface area contributed by atoms with Gasteiger partial charge in [-0.3, -0.25) is 4.79 Å². The first kappa shape index (κ1) is 24.3. The van der Waals surface area contributed by atoms with Crippen LogP contribution in [-0.4, -0.2) is 64.9 Å². The maximum Gasteiger partial charge on any atom is 0.416 e. The molecule has 6 nitrogen and oxygen atoms in total. The number of ether oxygens (including phenoxy) is 1. The van der Waals surface area contributed by atoms with Gasteiger partial charge >= 0.3 is 6.18 Å². The Morgan fingerprint density at radius 3 is 2.24 bits per heavy atom. The topological polar surface area (TPSA) is 66.9 Å². The average Bonchev–Trinajstić information content (AvgIpc) is 2.83. The molecular weight excluding hydrogens is 469 g/mol. The first-order valence-electron chi connectivity index (χ1n) is 10.9. The second-order valence-corrected chi connectivity index (χ2v) is 10.4. The van der Waals surface area contributed by atoms with E-state index in [1.54, 1.807) is 11.0 Å². The molecule has 2 aromatic carbocycles. The van der Waals surface area contributed by atoms with E-state index in [0.29, 0.717) is 56.1 Å². The van der Waals surface area contributed by atoms with Gasteiger partial charge < -0.3 is 14.5 Å². The lowest BCUT2D eigenvalue weighted by Crippen LogP contribution is -2.39. The molecule has 0 radical (unpaired) electrons. The summed E-state index contributed by atoms with van der Waals surface area (Å²) in [6.45, 7) is 2.87. The van der Waals surface area contributed by atoms with Crippen LogP contribution in [0, 0.1) is 0 Å². The van der Waals surface area contributed by atoms with Crippen LogP contribution in [0.5, 0.6) is 0 Å². The van der Waals surface area contributed by atoms with E-state index in [2.05, 4.69) is 0 Å². The molecular formula is C24H25F3N2O4S. The van der Waals surface area contributed by atoms with Gasteiger partial charge in [-0.2, -0.15) is 13.2 Å². The van der Waals surface area contributed by atoms with E-state index >= 15 is 0 Å². The van der Waals surface area contributed by atoms with Crippen LogP contribution >= 0.6 is 0 Å². The second kappa shape index (κ2) is 9.42. The molecule has 4 rings (SSSR count). The summed E-state index contributed by atoms with van der Waals surface area (Å²) >= 11 is 0. The van der Waals surface area contributed by atoms with Crippen LogP contribution in [-0.2, 0) is 20.8 Å². The molecule has 2 aliphatic heterocycles. The highest BCUT2D eigenvalue weighted by atomic mass is 32.2. The zero-order valence-electron chi connectivity index (χ0n) is 18.6. The Balaban J connectivity index is 1.57. The van der Waals surface area contributed by atoms with Crippen molar-refractivity contribution in [3.8, 4) is 0 Å². The Hall–Kier alpha value is -2.85. The minimum absolute atomic E-state index is 0.0749. The van der Waals surface area contributed by atoms with E-state index in [-0.39, 0.29) is 17.3 Å². The van der Waals surface area contributed by atoms with Gasteiger partial charge in [-0.25, -0.2) is 8.42 Å². The van der Waals surface area contributed by atoms with Crippen LogP contribution in [0.1, 0.15) is 27.9 Å². The summed E-state index contributed by atoms with van der Waals surface area (Å²) < 4.78 is 68.1. The van der Waals surface area contributed by atoms with E-state index in [1.165, 1.54) is 24.3 Å². The van der Waals surface area contributed by atoms with Crippen molar-refractivity contribution in [1.82, 2.24) is 4.90 Å². The van der Waals surface area contributed by atoms with Gasteiger partial charge in [0.2, 0.25) is 0 Å². The van der Waals surface area contributed by atoms with Crippen molar-refractivity contribution in [3.63, 3.8) is 0 Å². The maximum atomic E-state index is 13.5. The van der Waals surface area contributed by atoms with Gasteiger partial charge in [0, 0.05) is 38.1 Å². The highest BCUT2D eigenvalue weighted by molar-refractivity contribution is 7.90. The van der Waals surface area contributed by atoms with Crippen LogP contribution in [0.3, 0.4) is 0 Å². The summed E-state index contributed by atoms with van der Waals surface area (Å²) in [5.74, 6) is -0.283. The molecule has 2 aromatic rings. The molecule has 182 valence electrons. The third kappa shape index (κ3) is 5.28. The number of anilines is 1. The molecule has 34 heavy (non-hydrogen) atoms. The SMILES string of the molecule is CS(=O)(=O)c1ccc(N2CCOCC2)c(C(=O)N2CC=C(c3ccc(C(F)(F)F)cc3)CC2)c1. The molecule has 0 saturated carbocycles. The largest absolute Gasteiger partial charge is 0.416 e. The Morgan fingerprint density at radius 1 is 1.00 bits per heavy atom.